The van der Waals surface area contributed by atoms with Crippen molar-refractivity contribution in [3.8, 4) is 0 Å². The third-order valence-electron chi connectivity index (χ3n) is 2.21. The minimum Gasteiger partial charge on any atom is -0.346 e. The molecule has 4 heteroatoms. The van der Waals surface area contributed by atoms with E-state index in [1.165, 1.54) is 0 Å². The highest BCUT2D eigenvalue weighted by atomic mass is 35.5. The smallest absolute Gasteiger partial charge is 0.244 e. The van der Waals surface area contributed by atoms with Crippen LogP contribution in [0.2, 0.25) is 10.0 Å². The predicted molar refractivity (Wildman–Crippen MR) is 72.5 cm³/mol. The summed E-state index contributed by atoms with van der Waals surface area (Å²) in [4.78, 5) is 11.6. The highest BCUT2D eigenvalue weighted by Gasteiger charge is 2.11. The molecule has 1 rings (SSSR count). The van der Waals surface area contributed by atoms with Gasteiger partial charge < -0.3 is 5.32 Å². The van der Waals surface area contributed by atoms with E-state index in [2.05, 4.69) is 5.32 Å². The first kappa shape index (κ1) is 14.1. The zero-order valence-corrected chi connectivity index (χ0v) is 11.6. The minimum atomic E-state index is -0.150. The summed E-state index contributed by atoms with van der Waals surface area (Å²) in [6.07, 6.45) is 1.56. The zero-order valence-electron chi connectivity index (χ0n) is 10.1. The fourth-order valence-corrected chi connectivity index (χ4v) is 2.02. The molecule has 2 nitrogen and oxygen atoms in total. The highest BCUT2D eigenvalue weighted by molar-refractivity contribution is 6.35. The maximum atomic E-state index is 11.6. The lowest BCUT2D eigenvalue weighted by atomic mass is 10.1. The van der Waals surface area contributed by atoms with E-state index in [4.69, 9.17) is 23.2 Å². The van der Waals surface area contributed by atoms with Crippen molar-refractivity contribution in [1.82, 2.24) is 5.32 Å². The van der Waals surface area contributed by atoms with Gasteiger partial charge in [0, 0.05) is 16.1 Å². The molecule has 1 N–H and O–H groups in total. The van der Waals surface area contributed by atoms with Crippen LogP contribution in [0.15, 0.2) is 29.8 Å². The molecule has 0 aliphatic carbocycles. The summed E-state index contributed by atoms with van der Waals surface area (Å²) in [5.41, 5.74) is 1.81. The molecule has 0 bridgehead atoms. The molecule has 0 radical (unpaired) electrons. The predicted octanol–water partition coefficient (Wildman–Crippen LogP) is 4.14. The van der Waals surface area contributed by atoms with Crippen molar-refractivity contribution in [2.75, 3.05) is 0 Å². The summed E-state index contributed by atoms with van der Waals surface area (Å²) >= 11 is 11.9. The molecule has 0 aromatic heterocycles. The number of halogens is 2. The second-order valence-corrected chi connectivity index (χ2v) is 4.96. The molecule has 0 saturated carbocycles. The SMILES string of the molecule is CC(C)=CC(=O)N[C@H](C)c1ccc(Cl)cc1Cl. The Morgan fingerprint density at radius 3 is 2.53 bits per heavy atom. The largest absolute Gasteiger partial charge is 0.346 e. The molecule has 92 valence electrons. The normalized spacial score (nSPS) is 11.8. The Bertz CT molecular complexity index is 451. The lowest BCUT2D eigenvalue weighted by molar-refractivity contribution is -0.117. The summed E-state index contributed by atoms with van der Waals surface area (Å²) in [5.74, 6) is -0.122. The van der Waals surface area contributed by atoms with Gasteiger partial charge in [-0.25, -0.2) is 0 Å². The van der Waals surface area contributed by atoms with Crippen LogP contribution < -0.4 is 5.32 Å². The molecule has 0 unspecified atom stereocenters. The number of nitrogens with one attached hydrogen (secondary N) is 1. The van der Waals surface area contributed by atoms with Crippen LogP contribution in [-0.2, 0) is 4.79 Å². The van der Waals surface area contributed by atoms with E-state index in [0.29, 0.717) is 10.0 Å². The van der Waals surface area contributed by atoms with Crippen LogP contribution in [0.25, 0.3) is 0 Å². The highest BCUT2D eigenvalue weighted by Crippen LogP contribution is 2.25. The molecule has 0 saturated heterocycles. The summed E-state index contributed by atoms with van der Waals surface area (Å²) in [6, 6.07) is 5.09. The Balaban J connectivity index is 2.80. The lowest BCUT2D eigenvalue weighted by Gasteiger charge is -2.14. The third-order valence-corrected chi connectivity index (χ3v) is 2.77. The number of benzene rings is 1. The molecule has 0 fully saturated rings. The number of allylic oxidation sites excluding steroid dienone is 1. The van der Waals surface area contributed by atoms with Gasteiger partial charge in [0.15, 0.2) is 0 Å². The summed E-state index contributed by atoms with van der Waals surface area (Å²) in [5, 5.41) is 3.99. The van der Waals surface area contributed by atoms with Crippen molar-refractivity contribution in [2.45, 2.75) is 26.8 Å². The Morgan fingerprint density at radius 1 is 1.35 bits per heavy atom. The molecule has 0 spiro atoms. The van der Waals surface area contributed by atoms with Crippen molar-refractivity contribution >= 4 is 29.1 Å². The van der Waals surface area contributed by atoms with Gasteiger partial charge in [0.1, 0.15) is 0 Å². The Kier molecular flexibility index (Phi) is 5.03. The molecular weight excluding hydrogens is 257 g/mol. The topological polar surface area (TPSA) is 29.1 Å². The van der Waals surface area contributed by atoms with E-state index in [9.17, 15) is 4.79 Å². The first-order chi connectivity index (χ1) is 7.90. The number of carbonyl (C=O) groups is 1. The molecule has 0 aliphatic rings. The van der Waals surface area contributed by atoms with Gasteiger partial charge in [-0.15, -0.1) is 0 Å². The van der Waals surface area contributed by atoms with Gasteiger partial charge >= 0.3 is 0 Å². The molecule has 1 aromatic carbocycles. The average Bonchev–Trinajstić information content (AvgIpc) is 2.15. The molecule has 0 aliphatic heterocycles. The van der Waals surface area contributed by atoms with Gasteiger partial charge in [-0.05, 0) is 38.5 Å². The monoisotopic (exact) mass is 271 g/mol. The second kappa shape index (κ2) is 6.08. The van der Waals surface area contributed by atoms with Gasteiger partial charge in [-0.3, -0.25) is 4.79 Å². The number of hydrogen-bond donors (Lipinski definition) is 1. The number of hydrogen-bond acceptors (Lipinski definition) is 1. The van der Waals surface area contributed by atoms with E-state index in [0.717, 1.165) is 11.1 Å². The number of carbonyl (C=O) groups excluding carboxylic acids is 1. The van der Waals surface area contributed by atoms with Gasteiger partial charge in [-0.2, -0.15) is 0 Å². The Labute approximate surface area is 112 Å². The summed E-state index contributed by atoms with van der Waals surface area (Å²) in [7, 11) is 0. The van der Waals surface area contributed by atoms with Crippen molar-refractivity contribution in [3.05, 3.63) is 45.5 Å². The number of rotatable bonds is 3. The van der Waals surface area contributed by atoms with Crippen molar-refractivity contribution in [3.63, 3.8) is 0 Å². The van der Waals surface area contributed by atoms with Gasteiger partial charge in [0.05, 0.1) is 6.04 Å². The first-order valence-electron chi connectivity index (χ1n) is 5.30. The van der Waals surface area contributed by atoms with Crippen LogP contribution >= 0.6 is 23.2 Å². The van der Waals surface area contributed by atoms with Gasteiger partial charge in [0.2, 0.25) is 5.91 Å². The Morgan fingerprint density at radius 2 is 2.00 bits per heavy atom. The van der Waals surface area contributed by atoms with Crippen LogP contribution in [0.4, 0.5) is 0 Å². The maximum Gasteiger partial charge on any atom is 0.244 e. The Hall–Kier alpha value is -0.990. The van der Waals surface area contributed by atoms with Crippen LogP contribution in [0.3, 0.4) is 0 Å². The van der Waals surface area contributed by atoms with Crippen LogP contribution in [0.5, 0.6) is 0 Å². The van der Waals surface area contributed by atoms with Crippen LogP contribution in [-0.4, -0.2) is 5.91 Å². The molecule has 1 atom stereocenters. The third kappa shape index (κ3) is 4.41. The first-order valence-corrected chi connectivity index (χ1v) is 6.06. The molecule has 17 heavy (non-hydrogen) atoms. The fourth-order valence-electron chi connectivity index (χ4n) is 1.45. The van der Waals surface area contributed by atoms with Gasteiger partial charge in [0.25, 0.3) is 0 Å². The fraction of sp³-hybridized carbons (Fsp3) is 0.308. The van der Waals surface area contributed by atoms with E-state index >= 15 is 0 Å². The lowest BCUT2D eigenvalue weighted by Crippen LogP contribution is -2.25. The molecular formula is C13H15Cl2NO. The molecule has 0 heterocycles. The van der Waals surface area contributed by atoms with Crippen molar-refractivity contribution < 1.29 is 4.79 Å². The summed E-state index contributed by atoms with van der Waals surface area (Å²) in [6.45, 7) is 5.63. The average molecular weight is 272 g/mol. The molecule has 1 amide bonds. The van der Waals surface area contributed by atoms with Gasteiger partial charge in [-0.1, -0.05) is 34.8 Å². The minimum absolute atomic E-state index is 0.122. The maximum absolute atomic E-state index is 11.6. The summed E-state index contributed by atoms with van der Waals surface area (Å²) < 4.78 is 0. The second-order valence-electron chi connectivity index (χ2n) is 4.12. The van der Waals surface area contributed by atoms with E-state index in [-0.39, 0.29) is 11.9 Å². The molecule has 1 aromatic rings. The van der Waals surface area contributed by atoms with Crippen molar-refractivity contribution in [2.24, 2.45) is 0 Å². The number of amides is 1. The van der Waals surface area contributed by atoms with Crippen LogP contribution in [0, 0.1) is 0 Å². The van der Waals surface area contributed by atoms with E-state index in [1.807, 2.05) is 26.8 Å². The van der Waals surface area contributed by atoms with E-state index in [1.54, 1.807) is 18.2 Å². The quantitative estimate of drug-likeness (QED) is 0.823. The van der Waals surface area contributed by atoms with Crippen LogP contribution in [0.1, 0.15) is 32.4 Å². The van der Waals surface area contributed by atoms with E-state index < -0.39 is 0 Å². The van der Waals surface area contributed by atoms with Crippen molar-refractivity contribution in [1.29, 1.82) is 0 Å². The zero-order chi connectivity index (χ0) is 13.0. The standard InChI is InChI=1S/C13H15Cl2NO/c1-8(2)6-13(17)16-9(3)11-5-4-10(14)7-12(11)15/h4-7,9H,1-3H3,(H,16,17)/t9-/m1/s1.